The molecule has 0 bridgehead atoms. The predicted octanol–water partition coefficient (Wildman–Crippen LogP) is 2.76. The number of hydrogen-bond acceptors (Lipinski definition) is 2. The van der Waals surface area contributed by atoms with Crippen LogP contribution in [0.2, 0.25) is 5.02 Å². The second kappa shape index (κ2) is 6.11. The third-order valence-corrected chi connectivity index (χ3v) is 2.78. The van der Waals surface area contributed by atoms with Crippen molar-refractivity contribution < 1.29 is 5.11 Å². The molecule has 0 amide bonds. The summed E-state index contributed by atoms with van der Waals surface area (Å²) in [6, 6.07) is 8.15. The molecule has 0 fully saturated rings. The fourth-order valence-corrected chi connectivity index (χ4v) is 1.72. The van der Waals surface area contributed by atoms with Crippen LogP contribution < -0.4 is 5.32 Å². The Balaban J connectivity index is 2.64. The van der Waals surface area contributed by atoms with Gasteiger partial charge in [0.1, 0.15) is 0 Å². The zero-order valence-electron chi connectivity index (χ0n) is 9.20. The Kier molecular flexibility index (Phi) is 5.09. The summed E-state index contributed by atoms with van der Waals surface area (Å²) in [5.74, 6) is 0. The van der Waals surface area contributed by atoms with E-state index >= 15 is 0 Å². The van der Waals surface area contributed by atoms with Gasteiger partial charge in [-0.05, 0) is 31.0 Å². The lowest BCUT2D eigenvalue weighted by atomic mass is 10.1. The number of aliphatic hydroxyl groups excluding tert-OH is 1. The zero-order chi connectivity index (χ0) is 11.3. The first-order valence-electron chi connectivity index (χ1n) is 5.29. The van der Waals surface area contributed by atoms with Crippen LogP contribution in [0.1, 0.15) is 31.9 Å². The monoisotopic (exact) mass is 227 g/mol. The third kappa shape index (κ3) is 3.82. The van der Waals surface area contributed by atoms with Gasteiger partial charge in [-0.1, -0.05) is 30.7 Å². The van der Waals surface area contributed by atoms with Crippen molar-refractivity contribution >= 4 is 11.6 Å². The SMILES string of the molecule is CC[C@@H](CO)NC(C)c1cccc(Cl)c1. The molecule has 0 radical (unpaired) electrons. The molecule has 0 aliphatic rings. The van der Waals surface area contributed by atoms with Gasteiger partial charge in [0, 0.05) is 17.1 Å². The molecular weight excluding hydrogens is 210 g/mol. The van der Waals surface area contributed by atoms with Crippen molar-refractivity contribution in [2.24, 2.45) is 0 Å². The van der Waals surface area contributed by atoms with E-state index in [1.54, 1.807) is 0 Å². The van der Waals surface area contributed by atoms with Crippen molar-refractivity contribution in [1.82, 2.24) is 5.32 Å². The first-order valence-corrected chi connectivity index (χ1v) is 5.67. The van der Waals surface area contributed by atoms with Crippen LogP contribution >= 0.6 is 11.6 Å². The van der Waals surface area contributed by atoms with E-state index in [9.17, 15) is 0 Å². The molecule has 1 unspecified atom stereocenters. The normalized spacial score (nSPS) is 14.9. The van der Waals surface area contributed by atoms with Crippen LogP contribution in [0.3, 0.4) is 0 Å². The summed E-state index contributed by atoms with van der Waals surface area (Å²) in [5.41, 5.74) is 1.15. The minimum atomic E-state index is 0.152. The Labute approximate surface area is 96.3 Å². The molecule has 84 valence electrons. The number of benzene rings is 1. The largest absolute Gasteiger partial charge is 0.395 e. The van der Waals surface area contributed by atoms with Gasteiger partial charge in [0.15, 0.2) is 0 Å². The number of aliphatic hydroxyl groups is 1. The predicted molar refractivity (Wildman–Crippen MR) is 64.2 cm³/mol. The Hall–Kier alpha value is -0.570. The van der Waals surface area contributed by atoms with Crippen LogP contribution in [0, 0.1) is 0 Å². The lowest BCUT2D eigenvalue weighted by molar-refractivity contribution is 0.230. The van der Waals surface area contributed by atoms with Crippen molar-refractivity contribution in [3.8, 4) is 0 Å². The molecule has 0 aliphatic carbocycles. The Morgan fingerprint density at radius 3 is 2.73 bits per heavy atom. The van der Waals surface area contributed by atoms with Gasteiger partial charge in [-0.2, -0.15) is 0 Å². The standard InChI is InChI=1S/C12H18ClNO/c1-3-12(8-15)14-9(2)10-5-4-6-11(13)7-10/h4-7,9,12,14-15H,3,8H2,1-2H3/t9?,12-/m0/s1. The van der Waals surface area contributed by atoms with Gasteiger partial charge in [-0.25, -0.2) is 0 Å². The zero-order valence-corrected chi connectivity index (χ0v) is 9.96. The fraction of sp³-hybridized carbons (Fsp3) is 0.500. The topological polar surface area (TPSA) is 32.3 Å². The first kappa shape index (κ1) is 12.5. The molecule has 0 heterocycles. The molecule has 0 spiro atoms. The van der Waals surface area contributed by atoms with Crippen LogP contribution in [-0.2, 0) is 0 Å². The van der Waals surface area contributed by atoms with Crippen molar-refractivity contribution in [1.29, 1.82) is 0 Å². The number of nitrogens with one attached hydrogen (secondary N) is 1. The van der Waals surface area contributed by atoms with Crippen LogP contribution in [0.4, 0.5) is 0 Å². The van der Waals surface area contributed by atoms with Gasteiger partial charge < -0.3 is 10.4 Å². The highest BCUT2D eigenvalue weighted by Gasteiger charge is 2.10. The van der Waals surface area contributed by atoms with E-state index in [1.807, 2.05) is 24.3 Å². The maximum absolute atomic E-state index is 9.09. The highest BCUT2D eigenvalue weighted by molar-refractivity contribution is 6.30. The number of halogens is 1. The van der Waals surface area contributed by atoms with Crippen molar-refractivity contribution in [3.63, 3.8) is 0 Å². The van der Waals surface area contributed by atoms with E-state index < -0.39 is 0 Å². The maximum atomic E-state index is 9.09. The quantitative estimate of drug-likeness (QED) is 0.811. The molecule has 1 aromatic carbocycles. The van der Waals surface area contributed by atoms with Crippen molar-refractivity contribution in [2.75, 3.05) is 6.61 Å². The first-order chi connectivity index (χ1) is 7.17. The van der Waals surface area contributed by atoms with Crippen LogP contribution in [0.15, 0.2) is 24.3 Å². The lowest BCUT2D eigenvalue weighted by Gasteiger charge is -2.20. The van der Waals surface area contributed by atoms with E-state index in [-0.39, 0.29) is 18.7 Å². The molecule has 1 rings (SSSR count). The Morgan fingerprint density at radius 1 is 1.47 bits per heavy atom. The minimum absolute atomic E-state index is 0.152. The number of hydrogen-bond donors (Lipinski definition) is 2. The van der Waals surface area contributed by atoms with Gasteiger partial charge in [0.25, 0.3) is 0 Å². The second-order valence-corrected chi connectivity index (χ2v) is 4.17. The highest BCUT2D eigenvalue weighted by Crippen LogP contribution is 2.17. The smallest absolute Gasteiger partial charge is 0.0584 e. The summed E-state index contributed by atoms with van der Waals surface area (Å²) < 4.78 is 0. The lowest BCUT2D eigenvalue weighted by Crippen LogP contribution is -2.33. The highest BCUT2D eigenvalue weighted by atomic mass is 35.5. The maximum Gasteiger partial charge on any atom is 0.0584 e. The van der Waals surface area contributed by atoms with E-state index in [0.717, 1.165) is 17.0 Å². The van der Waals surface area contributed by atoms with Crippen LogP contribution in [-0.4, -0.2) is 17.8 Å². The summed E-state index contributed by atoms with van der Waals surface area (Å²) in [7, 11) is 0. The Morgan fingerprint density at radius 2 is 2.20 bits per heavy atom. The van der Waals surface area contributed by atoms with Crippen molar-refractivity contribution in [2.45, 2.75) is 32.4 Å². The van der Waals surface area contributed by atoms with E-state index in [4.69, 9.17) is 16.7 Å². The fourth-order valence-electron chi connectivity index (χ4n) is 1.53. The summed E-state index contributed by atoms with van der Waals surface area (Å²) in [4.78, 5) is 0. The van der Waals surface area contributed by atoms with Crippen molar-refractivity contribution in [3.05, 3.63) is 34.9 Å². The van der Waals surface area contributed by atoms with Gasteiger partial charge >= 0.3 is 0 Å². The molecule has 15 heavy (non-hydrogen) atoms. The van der Waals surface area contributed by atoms with Crippen LogP contribution in [0.5, 0.6) is 0 Å². The number of rotatable bonds is 5. The molecule has 2 N–H and O–H groups in total. The molecule has 2 atom stereocenters. The third-order valence-electron chi connectivity index (χ3n) is 2.55. The summed E-state index contributed by atoms with van der Waals surface area (Å²) in [6.45, 7) is 4.30. The molecule has 2 nitrogen and oxygen atoms in total. The van der Waals surface area contributed by atoms with Gasteiger partial charge in [0.05, 0.1) is 6.61 Å². The molecule has 0 saturated carbocycles. The minimum Gasteiger partial charge on any atom is -0.395 e. The van der Waals surface area contributed by atoms with Gasteiger partial charge in [-0.3, -0.25) is 0 Å². The molecule has 3 heteroatoms. The molecular formula is C12H18ClNO. The summed E-state index contributed by atoms with van der Waals surface area (Å²) >= 11 is 5.92. The average molecular weight is 228 g/mol. The summed E-state index contributed by atoms with van der Waals surface area (Å²) in [6.07, 6.45) is 0.918. The summed E-state index contributed by atoms with van der Waals surface area (Å²) in [5, 5.41) is 13.2. The molecule has 0 aromatic heterocycles. The van der Waals surface area contributed by atoms with Gasteiger partial charge in [0.2, 0.25) is 0 Å². The van der Waals surface area contributed by atoms with Gasteiger partial charge in [-0.15, -0.1) is 0 Å². The molecule has 0 saturated heterocycles. The molecule has 0 aliphatic heterocycles. The van der Waals surface area contributed by atoms with Crippen LogP contribution in [0.25, 0.3) is 0 Å². The van der Waals surface area contributed by atoms with E-state index in [1.165, 1.54) is 0 Å². The Bertz CT molecular complexity index is 299. The average Bonchev–Trinajstić information content (AvgIpc) is 2.25. The van der Waals surface area contributed by atoms with E-state index in [0.29, 0.717) is 0 Å². The second-order valence-electron chi connectivity index (χ2n) is 3.73. The van der Waals surface area contributed by atoms with E-state index in [2.05, 4.69) is 19.2 Å². The molecule has 1 aromatic rings.